The van der Waals surface area contributed by atoms with E-state index in [4.69, 9.17) is 112 Å². The number of ether oxygens (including phenoxy) is 12. The van der Waals surface area contributed by atoms with Gasteiger partial charge >= 0.3 is 38.9 Å². The molecular formula is C73H137N6O46P6-. The fourth-order valence-corrected chi connectivity index (χ4v) is 17.9. The number of amides is 1. The molecule has 0 spiro atoms. The highest BCUT2D eigenvalue weighted by Gasteiger charge is 2.49. The van der Waals surface area contributed by atoms with Gasteiger partial charge in [-0.05, 0) is 57.8 Å². The van der Waals surface area contributed by atoms with Crippen LogP contribution in [-0.2, 0) is 139 Å². The largest absolute Gasteiger partial charge is 0.756 e. The Kier molecular flexibility index (Phi) is 53.8. The van der Waals surface area contributed by atoms with Crippen LogP contribution >= 0.6 is 46.7 Å². The van der Waals surface area contributed by atoms with Crippen molar-refractivity contribution in [3.8, 4) is 0 Å². The van der Waals surface area contributed by atoms with Crippen molar-refractivity contribution in [3.63, 3.8) is 0 Å². The van der Waals surface area contributed by atoms with Crippen molar-refractivity contribution in [2.45, 2.75) is 241 Å². The third kappa shape index (κ3) is 42.5. The summed E-state index contributed by atoms with van der Waals surface area (Å²) in [5, 5.41) is 103. The lowest BCUT2D eigenvalue weighted by Crippen LogP contribution is -2.64. The topological polar surface area (TPSA) is 740 Å². The maximum absolute atomic E-state index is 13.8. The van der Waals surface area contributed by atoms with Crippen molar-refractivity contribution in [2.24, 2.45) is 23.2 Å². The second kappa shape index (κ2) is 60.0. The number of nitrogens with one attached hydrogen (secondary N) is 1. The van der Waals surface area contributed by atoms with E-state index in [1.54, 1.807) is 13.8 Å². The van der Waals surface area contributed by atoms with Crippen LogP contribution in [0.5, 0.6) is 0 Å². The van der Waals surface area contributed by atoms with Crippen molar-refractivity contribution >= 4 is 69.6 Å². The van der Waals surface area contributed by atoms with E-state index in [-0.39, 0.29) is 109 Å². The number of nitrogens with zero attached hydrogens (tertiary/aromatic N) is 4. The summed E-state index contributed by atoms with van der Waals surface area (Å²) in [6.45, 7) is -2.59. The number of carbonyl (C=O) groups is 1. The molecule has 58 heteroatoms. The second-order valence-corrected chi connectivity index (χ2v) is 41.7. The van der Waals surface area contributed by atoms with E-state index in [1.807, 2.05) is 0 Å². The van der Waals surface area contributed by atoms with Crippen LogP contribution in [0.1, 0.15) is 144 Å². The van der Waals surface area contributed by atoms with Gasteiger partial charge in [0.05, 0.1) is 142 Å². The Morgan fingerprint density at radius 2 is 0.908 bits per heavy atom. The van der Waals surface area contributed by atoms with E-state index in [0.717, 1.165) is 0 Å². The standard InChI is InChI=1S/C73H138N6O46P6/c1-49(2)126(91,92)117-40-58-54(33-59(121-58)79-46-77-61-68(74)75-45-76-69(61)79)125-131(101,102)120-48-107-39-53(34-80)38-106-47-119-130(99,100)118-44-73(41-103-21-18-30-114-127(93,94)111-27-15-9-6-12-24-108-70-50(3)62(85)64(87)55(35-81)122-70,42-104-22-19-31-115-128(95,96)112-28-16-10-7-13-25-109-71-51(4)63(86)65(88)56(36-82)123-71)43-105-23-20-32-116-129(97,98)113-29-17-11-8-14-26-110-72-60(78-52(5)84)67(90)66(89)57(37-83)124-72/h45-46,49-51,53-60,62-67,70-72,80-83,85-90H,6-44,47-48H2,1-5H3,(H,78,84)(H,91,92)(H,93,94)(H,95,96)(H,97,98)(H,99,100)(H,101,102)(H2,74,75,76)/p-1/t50?,51?,53?,54-,55?,56?,57?,58+,59+,60?,62+,63+,64-,65?,66-,67+,70+,71+,72+,73?/m0/s1. The van der Waals surface area contributed by atoms with Crippen LogP contribution in [0.4, 0.5) is 5.82 Å². The van der Waals surface area contributed by atoms with Crippen molar-refractivity contribution < 1.29 is 219 Å². The minimum Gasteiger partial charge on any atom is -0.756 e. The summed E-state index contributed by atoms with van der Waals surface area (Å²) >= 11 is 0. The van der Waals surface area contributed by atoms with Gasteiger partial charge in [-0.25, -0.2) is 33.2 Å². The first-order valence-electron chi connectivity index (χ1n) is 43.3. The fourth-order valence-electron chi connectivity index (χ4n) is 13.3. The number of anilines is 1. The van der Waals surface area contributed by atoms with E-state index in [0.29, 0.717) is 70.6 Å². The molecule has 2 aromatic heterocycles. The molecule has 2 aromatic rings. The Balaban J connectivity index is 1.03. The number of aliphatic hydroxyl groups excluding tert-OH is 10. The van der Waals surface area contributed by atoms with E-state index >= 15 is 0 Å². The third-order valence-electron chi connectivity index (χ3n) is 20.9. The molecule has 4 saturated heterocycles. The molecule has 18 N–H and O–H groups in total. The number of phosphoric acid groups is 5. The molecule has 0 radical (unpaired) electrons. The predicted octanol–water partition coefficient (Wildman–Crippen LogP) is 1.30. The zero-order chi connectivity index (χ0) is 96.4. The summed E-state index contributed by atoms with van der Waals surface area (Å²) in [5.41, 5.74) is 3.95. The van der Waals surface area contributed by atoms with Crippen molar-refractivity contribution in [1.82, 2.24) is 24.8 Å². The molecule has 26 atom stereocenters. The molecule has 766 valence electrons. The third-order valence-corrected chi connectivity index (χ3v) is 27.7. The summed E-state index contributed by atoms with van der Waals surface area (Å²) in [5.74, 6) is -2.58. The Morgan fingerprint density at radius 3 is 1.36 bits per heavy atom. The smallest absolute Gasteiger partial charge is 0.474 e. The Hall–Kier alpha value is -2.36. The number of rotatable bonds is 73. The minimum absolute atomic E-state index is 0.0549. The van der Waals surface area contributed by atoms with Gasteiger partial charge in [-0.3, -0.25) is 54.7 Å². The molecular weight excluding hydrogens is 1880 g/mol. The van der Waals surface area contributed by atoms with Gasteiger partial charge in [-0.1, -0.05) is 66.2 Å². The fraction of sp³-hybridized carbons (Fsp3) is 0.918. The number of phosphoric ester groups is 5. The number of aliphatic hydroxyl groups is 10. The molecule has 4 fully saturated rings. The van der Waals surface area contributed by atoms with Crippen LogP contribution in [0.2, 0.25) is 0 Å². The lowest BCUT2D eigenvalue weighted by atomic mass is 9.92. The number of hydrogen-bond donors (Lipinski definition) is 17. The van der Waals surface area contributed by atoms with Gasteiger partial charge in [0, 0.05) is 70.7 Å². The molecule has 6 heterocycles. The maximum Gasteiger partial charge on any atom is 0.474 e. The lowest BCUT2D eigenvalue weighted by molar-refractivity contribution is -0.282. The van der Waals surface area contributed by atoms with E-state index < -0.39 is 286 Å². The Labute approximate surface area is 759 Å². The summed E-state index contributed by atoms with van der Waals surface area (Å²) in [7, 11) is -28.6. The van der Waals surface area contributed by atoms with Gasteiger partial charge in [0.15, 0.2) is 43.9 Å². The molecule has 52 nitrogen and oxygen atoms in total. The van der Waals surface area contributed by atoms with Crippen LogP contribution in [0.25, 0.3) is 11.2 Å². The zero-order valence-electron chi connectivity index (χ0n) is 74.1. The van der Waals surface area contributed by atoms with Gasteiger partial charge in [-0.15, -0.1) is 0 Å². The van der Waals surface area contributed by atoms with Gasteiger partial charge < -0.3 is 162 Å². The molecule has 0 aromatic carbocycles. The predicted molar refractivity (Wildman–Crippen MR) is 448 cm³/mol. The van der Waals surface area contributed by atoms with Gasteiger partial charge in [0.25, 0.3) is 7.82 Å². The maximum atomic E-state index is 13.8. The van der Waals surface area contributed by atoms with Crippen molar-refractivity contribution in [3.05, 3.63) is 12.7 Å². The number of hydrogen-bond acceptors (Lipinski definition) is 45. The SMILES string of the molecule is CC(=O)NC1[C@H](OCCCCCCOP(=O)([O-])OCCCOCC(COCCCOP(=O)(O)OCCCCCCO[C@@H]2OC(CO)C(O)[C@H](O)C2C)(COCCCOP(=O)(O)OCCCCCCO[C@@H]2OC(CO)[C@H](O)[C@H](O)C2C)COP(=O)(O)OCOCC(CO)COCOP(=O)(O)O[C@H]2C[C@H](n3cnc4c(N)ncnc43)O[C@@H]2COP(=O)(O)C(C)C)OC(CO)[C@H](O)[C@@H]1O. The van der Waals surface area contributed by atoms with Crippen molar-refractivity contribution in [2.75, 3.05) is 171 Å². The number of unbranched alkanes of at least 4 members (excludes halogenated alkanes) is 9. The van der Waals surface area contributed by atoms with Crippen LogP contribution in [0.15, 0.2) is 12.7 Å². The van der Waals surface area contributed by atoms with Gasteiger partial charge in [0.1, 0.15) is 79.0 Å². The molecule has 6 rings (SSSR count). The monoisotopic (exact) mass is 2020 g/mol. The van der Waals surface area contributed by atoms with Crippen LogP contribution in [0, 0.1) is 23.2 Å². The zero-order valence-corrected chi connectivity index (χ0v) is 79.5. The van der Waals surface area contributed by atoms with Crippen LogP contribution in [-0.4, -0.2) is 364 Å². The Bertz CT molecular complexity index is 3740. The van der Waals surface area contributed by atoms with Gasteiger partial charge in [0.2, 0.25) is 5.91 Å². The number of fused-ring (bicyclic) bond motifs is 1. The average Bonchev–Trinajstić information content (AvgIpc) is 1.63. The summed E-state index contributed by atoms with van der Waals surface area (Å²) in [6.07, 6.45) is -9.80. The Morgan fingerprint density at radius 1 is 0.496 bits per heavy atom. The minimum atomic E-state index is -5.21. The molecule has 0 bridgehead atoms. The summed E-state index contributed by atoms with van der Waals surface area (Å²) in [4.78, 5) is 90.4. The molecule has 0 aliphatic carbocycles. The number of carbonyl (C=O) groups excluding carboxylic acids is 1. The number of nitrogen functional groups attached to an aromatic ring is 1. The van der Waals surface area contributed by atoms with E-state index in [1.165, 1.54) is 38.0 Å². The molecule has 15 unspecified atom stereocenters. The highest BCUT2D eigenvalue weighted by molar-refractivity contribution is 7.53. The molecule has 131 heavy (non-hydrogen) atoms. The molecule has 0 saturated carbocycles. The van der Waals surface area contributed by atoms with Crippen molar-refractivity contribution in [1.29, 1.82) is 0 Å². The summed E-state index contributed by atoms with van der Waals surface area (Å²) in [6, 6.07) is -1.14. The van der Waals surface area contributed by atoms with Gasteiger partial charge in [-0.2, -0.15) is 0 Å². The highest BCUT2D eigenvalue weighted by Crippen LogP contribution is 2.52. The normalized spacial score (nSPS) is 28.6. The molecule has 1 amide bonds. The van der Waals surface area contributed by atoms with E-state index in [9.17, 15) is 113 Å². The van der Waals surface area contributed by atoms with Crippen LogP contribution in [0.3, 0.4) is 0 Å². The molecule has 4 aliphatic heterocycles. The van der Waals surface area contributed by atoms with E-state index in [2.05, 4.69) is 20.3 Å². The first-order chi connectivity index (χ1) is 62.1. The number of imidazole rings is 1. The number of aromatic nitrogens is 4. The molecule has 4 aliphatic rings. The highest BCUT2D eigenvalue weighted by atomic mass is 31.2. The number of nitrogens with two attached hydrogens (primary N) is 1. The second-order valence-electron chi connectivity index (χ2n) is 32.1. The first-order valence-corrected chi connectivity index (χ1v) is 52.4. The summed E-state index contributed by atoms with van der Waals surface area (Å²) < 4.78 is 206. The van der Waals surface area contributed by atoms with Crippen LogP contribution < -0.4 is 15.9 Å². The quantitative estimate of drug-likeness (QED) is 0.0252. The lowest BCUT2D eigenvalue weighted by Gasteiger charge is -2.42. The first kappa shape index (κ1) is 117. The average molecular weight is 2020 g/mol.